The van der Waals surface area contributed by atoms with Crippen molar-refractivity contribution in [3.8, 4) is 12.3 Å². The van der Waals surface area contributed by atoms with Crippen LogP contribution in [-0.4, -0.2) is 11.0 Å². The highest BCUT2D eigenvalue weighted by Gasteiger charge is 2.11. The molecule has 4 nitrogen and oxygen atoms in total. The third kappa shape index (κ3) is 2.95. The Morgan fingerprint density at radius 2 is 2.31 bits per heavy atom. The number of nitrogens with zero attached hydrogens (tertiary/aromatic N) is 1. The first kappa shape index (κ1) is 12.0. The van der Waals surface area contributed by atoms with Gasteiger partial charge in [0.05, 0.1) is 17.0 Å². The minimum absolute atomic E-state index is 0.263. The molecule has 0 heterocycles. The van der Waals surface area contributed by atoms with E-state index in [-0.39, 0.29) is 11.7 Å². The number of halogens is 1. The van der Waals surface area contributed by atoms with Crippen LogP contribution in [0.1, 0.15) is 13.3 Å². The Labute approximate surface area is 92.6 Å². The van der Waals surface area contributed by atoms with E-state index in [1.165, 1.54) is 12.1 Å². The Bertz CT molecular complexity index is 440. The Hall–Kier alpha value is -2.09. The first-order valence-electron chi connectivity index (χ1n) is 4.74. The number of hydrogen-bond donors (Lipinski definition) is 1. The van der Waals surface area contributed by atoms with E-state index in [0.717, 1.165) is 6.07 Å². The Balaban J connectivity index is 2.97. The summed E-state index contributed by atoms with van der Waals surface area (Å²) in [7, 11) is 0. The molecule has 0 amide bonds. The molecule has 1 rings (SSSR count). The maximum absolute atomic E-state index is 13.1. The number of non-ortho nitro benzene ring substituents is 1. The molecule has 1 unspecified atom stereocenters. The quantitative estimate of drug-likeness (QED) is 0.484. The molecule has 0 fully saturated rings. The van der Waals surface area contributed by atoms with Crippen LogP contribution in [0.25, 0.3) is 0 Å². The van der Waals surface area contributed by atoms with E-state index < -0.39 is 10.7 Å². The standard InChI is InChI=1S/C11H11FN2O2/c1-3-9(4-2)13-10-5-8(12)6-11(7-10)14(15)16/h1,5-7,9,13H,4H2,2H3. The van der Waals surface area contributed by atoms with Crippen LogP contribution in [-0.2, 0) is 0 Å². The van der Waals surface area contributed by atoms with Gasteiger partial charge in [0.2, 0.25) is 0 Å². The van der Waals surface area contributed by atoms with Gasteiger partial charge in [-0.05, 0) is 12.5 Å². The van der Waals surface area contributed by atoms with Crippen molar-refractivity contribution < 1.29 is 9.31 Å². The van der Waals surface area contributed by atoms with Gasteiger partial charge in [-0.2, -0.15) is 0 Å². The highest BCUT2D eigenvalue weighted by Crippen LogP contribution is 2.20. The average molecular weight is 222 g/mol. The van der Waals surface area contributed by atoms with E-state index in [0.29, 0.717) is 12.1 Å². The minimum Gasteiger partial charge on any atom is -0.371 e. The molecular formula is C11H11FN2O2. The lowest BCUT2D eigenvalue weighted by Crippen LogP contribution is -2.15. The minimum atomic E-state index is -0.663. The van der Waals surface area contributed by atoms with Crippen molar-refractivity contribution in [2.24, 2.45) is 0 Å². The number of nitro groups is 1. The fourth-order valence-electron chi connectivity index (χ4n) is 1.23. The maximum atomic E-state index is 13.1. The third-order valence-corrected chi connectivity index (χ3v) is 2.04. The summed E-state index contributed by atoms with van der Waals surface area (Å²) in [5.74, 6) is 1.80. The molecule has 0 aliphatic rings. The molecule has 0 aliphatic carbocycles. The number of nitrogens with one attached hydrogen (secondary N) is 1. The first-order valence-corrected chi connectivity index (χ1v) is 4.74. The van der Waals surface area contributed by atoms with Gasteiger partial charge in [-0.3, -0.25) is 10.1 Å². The zero-order valence-electron chi connectivity index (χ0n) is 8.74. The second kappa shape index (κ2) is 5.12. The number of terminal acetylenes is 1. The zero-order valence-corrected chi connectivity index (χ0v) is 8.74. The largest absolute Gasteiger partial charge is 0.371 e. The monoisotopic (exact) mass is 222 g/mol. The van der Waals surface area contributed by atoms with Crippen molar-refractivity contribution >= 4 is 11.4 Å². The van der Waals surface area contributed by atoms with Gasteiger partial charge in [0.1, 0.15) is 5.82 Å². The topological polar surface area (TPSA) is 55.2 Å². The molecule has 16 heavy (non-hydrogen) atoms. The zero-order chi connectivity index (χ0) is 12.1. The molecule has 0 aromatic heterocycles. The lowest BCUT2D eigenvalue weighted by molar-refractivity contribution is -0.385. The van der Waals surface area contributed by atoms with Crippen molar-refractivity contribution in [1.29, 1.82) is 0 Å². The molecule has 1 aromatic rings. The SMILES string of the molecule is C#CC(CC)Nc1cc(F)cc([N+](=O)[O-])c1. The molecule has 0 bridgehead atoms. The number of benzene rings is 1. The summed E-state index contributed by atoms with van der Waals surface area (Å²) in [6.45, 7) is 1.87. The van der Waals surface area contributed by atoms with Gasteiger partial charge in [0.25, 0.3) is 5.69 Å². The highest BCUT2D eigenvalue weighted by molar-refractivity contribution is 5.52. The van der Waals surface area contributed by atoms with Gasteiger partial charge >= 0.3 is 0 Å². The van der Waals surface area contributed by atoms with E-state index in [9.17, 15) is 14.5 Å². The van der Waals surface area contributed by atoms with Crippen LogP contribution in [0.5, 0.6) is 0 Å². The van der Waals surface area contributed by atoms with Crippen molar-refractivity contribution in [2.75, 3.05) is 5.32 Å². The Morgan fingerprint density at radius 3 is 2.81 bits per heavy atom. The summed E-state index contributed by atoms with van der Waals surface area (Å²) in [5, 5.41) is 13.3. The summed E-state index contributed by atoms with van der Waals surface area (Å²) >= 11 is 0. The number of rotatable bonds is 4. The van der Waals surface area contributed by atoms with Crippen molar-refractivity contribution in [1.82, 2.24) is 0 Å². The van der Waals surface area contributed by atoms with E-state index in [2.05, 4.69) is 11.2 Å². The summed E-state index contributed by atoms with van der Waals surface area (Å²) in [5.41, 5.74) is 0.0193. The van der Waals surface area contributed by atoms with E-state index in [1.807, 2.05) is 6.92 Å². The molecule has 0 saturated heterocycles. The van der Waals surface area contributed by atoms with Crippen LogP contribution in [0, 0.1) is 28.3 Å². The first-order chi connectivity index (χ1) is 7.56. The van der Waals surface area contributed by atoms with Gasteiger partial charge in [-0.1, -0.05) is 12.8 Å². The summed E-state index contributed by atoms with van der Waals surface area (Å²) < 4.78 is 13.1. The molecule has 0 radical (unpaired) electrons. The molecule has 5 heteroatoms. The van der Waals surface area contributed by atoms with E-state index in [4.69, 9.17) is 6.42 Å². The van der Waals surface area contributed by atoms with Crippen LogP contribution < -0.4 is 5.32 Å². The van der Waals surface area contributed by atoms with Gasteiger partial charge in [-0.15, -0.1) is 6.42 Å². The summed E-state index contributed by atoms with van der Waals surface area (Å²) in [6, 6.07) is 3.03. The van der Waals surface area contributed by atoms with Gasteiger partial charge in [0.15, 0.2) is 0 Å². The number of hydrogen-bond acceptors (Lipinski definition) is 3. The molecule has 1 N–H and O–H groups in total. The molecular weight excluding hydrogens is 211 g/mol. The predicted molar refractivity (Wildman–Crippen MR) is 59.6 cm³/mol. The van der Waals surface area contributed by atoms with Crippen LogP contribution in [0.15, 0.2) is 18.2 Å². The van der Waals surface area contributed by atoms with Crippen LogP contribution in [0.4, 0.5) is 15.8 Å². The highest BCUT2D eigenvalue weighted by atomic mass is 19.1. The normalized spacial score (nSPS) is 11.6. The van der Waals surface area contributed by atoms with Crippen LogP contribution >= 0.6 is 0 Å². The molecule has 1 atom stereocenters. The Kier molecular flexibility index (Phi) is 3.84. The second-order valence-corrected chi connectivity index (χ2v) is 3.23. The summed E-state index contributed by atoms with van der Waals surface area (Å²) in [4.78, 5) is 9.85. The van der Waals surface area contributed by atoms with Gasteiger partial charge in [-0.25, -0.2) is 4.39 Å². The fourth-order valence-corrected chi connectivity index (χ4v) is 1.23. The third-order valence-electron chi connectivity index (χ3n) is 2.04. The van der Waals surface area contributed by atoms with Gasteiger partial charge < -0.3 is 5.32 Å². The van der Waals surface area contributed by atoms with Gasteiger partial charge in [0, 0.05) is 11.8 Å². The molecule has 1 aromatic carbocycles. The van der Waals surface area contributed by atoms with Crippen molar-refractivity contribution in [3.63, 3.8) is 0 Å². The van der Waals surface area contributed by atoms with Crippen LogP contribution in [0.2, 0.25) is 0 Å². The molecule has 84 valence electrons. The average Bonchev–Trinajstić information content (AvgIpc) is 2.25. The van der Waals surface area contributed by atoms with E-state index >= 15 is 0 Å². The van der Waals surface area contributed by atoms with Crippen molar-refractivity contribution in [3.05, 3.63) is 34.1 Å². The Morgan fingerprint density at radius 1 is 1.62 bits per heavy atom. The second-order valence-electron chi connectivity index (χ2n) is 3.23. The molecule has 0 spiro atoms. The maximum Gasteiger partial charge on any atom is 0.274 e. The number of nitro benzene ring substituents is 1. The lowest BCUT2D eigenvalue weighted by atomic mass is 10.2. The predicted octanol–water partition coefficient (Wildman–Crippen LogP) is 2.56. The lowest BCUT2D eigenvalue weighted by Gasteiger charge is -2.11. The smallest absolute Gasteiger partial charge is 0.274 e. The molecule has 0 saturated carbocycles. The van der Waals surface area contributed by atoms with E-state index in [1.54, 1.807) is 0 Å². The van der Waals surface area contributed by atoms with Crippen molar-refractivity contribution in [2.45, 2.75) is 19.4 Å². The fraction of sp³-hybridized carbons (Fsp3) is 0.273. The van der Waals surface area contributed by atoms with Crippen LogP contribution in [0.3, 0.4) is 0 Å². The molecule has 0 aliphatic heterocycles. The number of anilines is 1. The summed E-state index contributed by atoms with van der Waals surface area (Å²) in [6.07, 6.45) is 5.88.